The zero-order valence-electron chi connectivity index (χ0n) is 15.1. The van der Waals surface area contributed by atoms with E-state index < -0.39 is 0 Å². The summed E-state index contributed by atoms with van der Waals surface area (Å²) >= 11 is 7.57. The number of nitrogens with zero attached hydrogens (tertiary/aromatic N) is 3. The number of carbonyl (C=O) groups is 1. The van der Waals surface area contributed by atoms with Crippen molar-refractivity contribution in [3.63, 3.8) is 0 Å². The first kappa shape index (κ1) is 18.4. The van der Waals surface area contributed by atoms with E-state index >= 15 is 0 Å². The number of hydrogen-bond acceptors (Lipinski definition) is 4. The van der Waals surface area contributed by atoms with E-state index in [1.165, 1.54) is 11.3 Å². The van der Waals surface area contributed by atoms with Crippen LogP contribution in [0.2, 0.25) is 5.02 Å². The van der Waals surface area contributed by atoms with Crippen molar-refractivity contribution in [3.8, 4) is 22.0 Å². The second kappa shape index (κ2) is 7.96. The second-order valence-corrected chi connectivity index (χ2v) is 7.65. The SMILES string of the molecule is Cn1ccnc1-c1sc(NC(=O)Cc2ccccc2Cl)nc1-c1ccccc1. The summed E-state index contributed by atoms with van der Waals surface area (Å²) in [7, 11) is 1.94. The summed E-state index contributed by atoms with van der Waals surface area (Å²) in [5, 5.41) is 4.02. The zero-order valence-corrected chi connectivity index (χ0v) is 16.7. The Morgan fingerprint density at radius 3 is 2.61 bits per heavy atom. The average Bonchev–Trinajstić information content (AvgIpc) is 3.30. The van der Waals surface area contributed by atoms with Crippen LogP contribution in [0.1, 0.15) is 5.56 Å². The molecule has 0 radical (unpaired) electrons. The van der Waals surface area contributed by atoms with Crippen molar-refractivity contribution >= 4 is 34.0 Å². The first-order chi connectivity index (χ1) is 13.6. The van der Waals surface area contributed by atoms with Gasteiger partial charge >= 0.3 is 0 Å². The first-order valence-corrected chi connectivity index (χ1v) is 9.88. The van der Waals surface area contributed by atoms with Crippen molar-refractivity contribution in [1.82, 2.24) is 14.5 Å². The van der Waals surface area contributed by atoms with Gasteiger partial charge in [-0.2, -0.15) is 0 Å². The lowest BCUT2D eigenvalue weighted by Crippen LogP contribution is -2.14. The Hall–Kier alpha value is -2.96. The van der Waals surface area contributed by atoms with Gasteiger partial charge in [0.25, 0.3) is 0 Å². The number of benzene rings is 2. The smallest absolute Gasteiger partial charge is 0.230 e. The highest BCUT2D eigenvalue weighted by molar-refractivity contribution is 7.19. The summed E-state index contributed by atoms with van der Waals surface area (Å²) in [6, 6.07) is 17.2. The van der Waals surface area contributed by atoms with E-state index in [1.807, 2.05) is 66.3 Å². The molecule has 2 aromatic heterocycles. The molecule has 0 aliphatic carbocycles. The Labute approximate surface area is 171 Å². The molecule has 5 nitrogen and oxygen atoms in total. The molecule has 2 heterocycles. The average molecular weight is 409 g/mol. The van der Waals surface area contributed by atoms with Crippen LogP contribution in [0, 0.1) is 0 Å². The number of rotatable bonds is 5. The van der Waals surface area contributed by atoms with Gasteiger partial charge < -0.3 is 9.88 Å². The fourth-order valence-electron chi connectivity index (χ4n) is 2.88. The Morgan fingerprint density at radius 2 is 1.89 bits per heavy atom. The predicted octanol–water partition coefficient (Wildman–Crippen LogP) is 5.05. The summed E-state index contributed by atoms with van der Waals surface area (Å²) in [5.41, 5.74) is 2.56. The molecule has 0 saturated carbocycles. The monoisotopic (exact) mass is 408 g/mol. The fraction of sp³-hybridized carbons (Fsp3) is 0.0952. The highest BCUT2D eigenvalue weighted by atomic mass is 35.5. The predicted molar refractivity (Wildman–Crippen MR) is 114 cm³/mol. The Morgan fingerprint density at radius 1 is 1.14 bits per heavy atom. The number of amides is 1. The van der Waals surface area contributed by atoms with Crippen LogP contribution in [0.3, 0.4) is 0 Å². The molecule has 0 aliphatic heterocycles. The molecule has 4 aromatic rings. The molecule has 0 atom stereocenters. The van der Waals surface area contributed by atoms with E-state index in [0.29, 0.717) is 10.2 Å². The molecule has 0 unspecified atom stereocenters. The number of anilines is 1. The lowest BCUT2D eigenvalue weighted by atomic mass is 10.1. The molecule has 0 aliphatic rings. The molecule has 4 rings (SSSR count). The summed E-state index contributed by atoms with van der Waals surface area (Å²) < 4.78 is 1.94. The third-order valence-corrected chi connectivity index (χ3v) is 5.59. The molecule has 1 N–H and O–H groups in total. The lowest BCUT2D eigenvalue weighted by Gasteiger charge is -2.03. The highest BCUT2D eigenvalue weighted by Gasteiger charge is 2.19. The number of nitrogens with one attached hydrogen (secondary N) is 1. The van der Waals surface area contributed by atoms with E-state index in [2.05, 4.69) is 15.3 Å². The summed E-state index contributed by atoms with van der Waals surface area (Å²) in [6.45, 7) is 0. The standard InChI is InChI=1S/C21H17ClN4OS/c1-26-12-11-23-20(26)19-18(14-7-3-2-4-8-14)25-21(28-19)24-17(27)13-15-9-5-6-10-16(15)22/h2-12H,13H2,1H3,(H,24,25,27). The normalized spacial score (nSPS) is 10.8. The van der Waals surface area contributed by atoms with Gasteiger partial charge in [0.05, 0.1) is 17.0 Å². The van der Waals surface area contributed by atoms with Crippen molar-refractivity contribution < 1.29 is 4.79 Å². The van der Waals surface area contributed by atoms with Gasteiger partial charge in [-0.05, 0) is 11.6 Å². The van der Waals surface area contributed by atoms with E-state index in [-0.39, 0.29) is 12.3 Å². The van der Waals surface area contributed by atoms with Crippen molar-refractivity contribution in [2.75, 3.05) is 5.32 Å². The minimum Gasteiger partial charge on any atom is -0.333 e. The zero-order chi connectivity index (χ0) is 19.5. The van der Waals surface area contributed by atoms with Crippen LogP contribution < -0.4 is 5.32 Å². The molecule has 140 valence electrons. The van der Waals surface area contributed by atoms with Crippen LogP contribution in [0.25, 0.3) is 22.0 Å². The van der Waals surface area contributed by atoms with Crippen molar-refractivity contribution in [2.45, 2.75) is 6.42 Å². The van der Waals surface area contributed by atoms with Crippen LogP contribution >= 0.6 is 22.9 Å². The van der Waals surface area contributed by atoms with Gasteiger partial charge in [-0.3, -0.25) is 4.79 Å². The summed E-state index contributed by atoms with van der Waals surface area (Å²) in [4.78, 5) is 22.6. The van der Waals surface area contributed by atoms with E-state index in [0.717, 1.165) is 27.5 Å². The van der Waals surface area contributed by atoms with E-state index in [9.17, 15) is 4.79 Å². The Balaban J connectivity index is 1.65. The molecule has 0 saturated heterocycles. The van der Waals surface area contributed by atoms with Gasteiger partial charge in [0.1, 0.15) is 0 Å². The molecule has 0 bridgehead atoms. The minimum absolute atomic E-state index is 0.159. The molecule has 1 amide bonds. The quantitative estimate of drug-likeness (QED) is 0.503. The third kappa shape index (κ3) is 3.83. The molecule has 28 heavy (non-hydrogen) atoms. The number of aryl methyl sites for hydroxylation is 1. The largest absolute Gasteiger partial charge is 0.333 e. The topological polar surface area (TPSA) is 59.8 Å². The second-order valence-electron chi connectivity index (χ2n) is 6.24. The van der Waals surface area contributed by atoms with Crippen LogP contribution in [0.4, 0.5) is 5.13 Å². The maximum Gasteiger partial charge on any atom is 0.230 e. The maximum atomic E-state index is 12.5. The number of hydrogen-bond donors (Lipinski definition) is 1. The molecular weight excluding hydrogens is 392 g/mol. The van der Waals surface area contributed by atoms with Crippen molar-refractivity contribution in [2.24, 2.45) is 7.05 Å². The van der Waals surface area contributed by atoms with Crippen LogP contribution in [0.15, 0.2) is 67.0 Å². The number of halogens is 1. The van der Waals surface area contributed by atoms with E-state index in [1.54, 1.807) is 12.3 Å². The third-order valence-electron chi connectivity index (χ3n) is 4.25. The molecular formula is C21H17ClN4OS. The molecule has 7 heteroatoms. The maximum absolute atomic E-state index is 12.5. The Bertz CT molecular complexity index is 1120. The van der Waals surface area contributed by atoms with E-state index in [4.69, 9.17) is 11.6 Å². The summed E-state index contributed by atoms with van der Waals surface area (Å²) in [5.74, 6) is 0.649. The van der Waals surface area contributed by atoms with Gasteiger partial charge in [0, 0.05) is 30.0 Å². The minimum atomic E-state index is -0.159. The van der Waals surface area contributed by atoms with Gasteiger partial charge in [-0.25, -0.2) is 9.97 Å². The van der Waals surface area contributed by atoms with Gasteiger partial charge in [-0.15, -0.1) is 0 Å². The van der Waals surface area contributed by atoms with Crippen LogP contribution in [-0.2, 0) is 18.3 Å². The number of aromatic nitrogens is 3. The number of thiazole rings is 1. The Kier molecular flexibility index (Phi) is 5.23. The molecule has 2 aromatic carbocycles. The van der Waals surface area contributed by atoms with Crippen molar-refractivity contribution in [3.05, 3.63) is 77.6 Å². The summed E-state index contributed by atoms with van der Waals surface area (Å²) in [6.07, 6.45) is 3.83. The highest BCUT2D eigenvalue weighted by Crippen LogP contribution is 2.38. The fourth-order valence-corrected chi connectivity index (χ4v) is 4.13. The molecule has 0 spiro atoms. The number of carbonyl (C=O) groups excluding carboxylic acids is 1. The first-order valence-electron chi connectivity index (χ1n) is 8.69. The van der Waals surface area contributed by atoms with Gasteiger partial charge in [0.15, 0.2) is 11.0 Å². The number of imidazole rings is 1. The molecule has 0 fully saturated rings. The van der Waals surface area contributed by atoms with Gasteiger partial charge in [0.2, 0.25) is 5.91 Å². The van der Waals surface area contributed by atoms with Crippen molar-refractivity contribution in [1.29, 1.82) is 0 Å². The van der Waals surface area contributed by atoms with Gasteiger partial charge in [-0.1, -0.05) is 71.5 Å². The van der Waals surface area contributed by atoms with Crippen LogP contribution in [-0.4, -0.2) is 20.4 Å². The van der Waals surface area contributed by atoms with Crippen LogP contribution in [0.5, 0.6) is 0 Å². The lowest BCUT2D eigenvalue weighted by molar-refractivity contribution is -0.115.